The summed E-state index contributed by atoms with van der Waals surface area (Å²) in [5, 5.41) is 5.53. The van der Waals surface area contributed by atoms with E-state index in [0.717, 1.165) is 23.1 Å². The van der Waals surface area contributed by atoms with Crippen LogP contribution in [0, 0.1) is 0 Å². The quantitative estimate of drug-likeness (QED) is 0.218. The van der Waals surface area contributed by atoms with Gasteiger partial charge in [0.25, 0.3) is 5.91 Å². The Morgan fingerprint density at radius 2 is 1.49 bits per heavy atom. The molecule has 0 aliphatic heterocycles. The summed E-state index contributed by atoms with van der Waals surface area (Å²) in [7, 11) is 0. The molecular weight excluding hydrogens is 516 g/mol. The summed E-state index contributed by atoms with van der Waals surface area (Å²) < 4.78 is 11.0. The molecule has 2 amide bonds. The van der Waals surface area contributed by atoms with Crippen molar-refractivity contribution in [2.24, 2.45) is 0 Å². The first kappa shape index (κ1) is 27.6. The van der Waals surface area contributed by atoms with Gasteiger partial charge >= 0.3 is 12.1 Å². The highest BCUT2D eigenvalue weighted by Gasteiger charge is 2.25. The topological polar surface area (TPSA) is 93.7 Å². The van der Waals surface area contributed by atoms with Gasteiger partial charge in [0.15, 0.2) is 0 Å². The Morgan fingerprint density at radius 3 is 2.22 bits per heavy atom. The highest BCUT2D eigenvalue weighted by Crippen LogP contribution is 2.38. The van der Waals surface area contributed by atoms with Crippen molar-refractivity contribution in [1.29, 1.82) is 0 Å². The number of esters is 1. The van der Waals surface area contributed by atoms with E-state index in [0.29, 0.717) is 16.8 Å². The first-order valence-corrected chi connectivity index (χ1v) is 13.5. The number of ether oxygens (including phenoxy) is 2. The van der Waals surface area contributed by atoms with Gasteiger partial charge < -0.3 is 20.1 Å². The Hall–Kier alpha value is -4.91. The summed E-state index contributed by atoms with van der Waals surface area (Å²) in [6.07, 6.45) is 0.0800. The van der Waals surface area contributed by atoms with E-state index >= 15 is 0 Å². The van der Waals surface area contributed by atoms with Crippen LogP contribution in [0.5, 0.6) is 0 Å². The van der Waals surface area contributed by atoms with Gasteiger partial charge in [0, 0.05) is 5.69 Å². The number of rotatable bonds is 7. The Balaban J connectivity index is 1.25. The number of hydrogen-bond acceptors (Lipinski definition) is 5. The van der Waals surface area contributed by atoms with Crippen molar-refractivity contribution < 1.29 is 23.9 Å². The molecule has 41 heavy (non-hydrogen) atoms. The second kappa shape index (κ2) is 11.7. The van der Waals surface area contributed by atoms with Gasteiger partial charge in [0.05, 0.1) is 5.56 Å². The maximum absolute atomic E-state index is 13.3. The van der Waals surface area contributed by atoms with Crippen molar-refractivity contribution in [2.75, 3.05) is 5.32 Å². The molecule has 5 rings (SSSR count). The molecule has 1 aliphatic carbocycles. The fourth-order valence-electron chi connectivity index (χ4n) is 4.85. The molecule has 0 bridgehead atoms. The molecule has 0 fully saturated rings. The lowest BCUT2D eigenvalue weighted by Gasteiger charge is -2.20. The van der Waals surface area contributed by atoms with Crippen molar-refractivity contribution >= 4 is 23.7 Å². The van der Waals surface area contributed by atoms with Gasteiger partial charge in [-0.15, -0.1) is 0 Å². The third kappa shape index (κ3) is 6.64. The Bertz CT molecular complexity index is 1570. The lowest BCUT2D eigenvalue weighted by Crippen LogP contribution is -2.37. The average Bonchev–Trinajstić information content (AvgIpc) is 3.34. The molecule has 0 heterocycles. The second-order valence-corrected chi connectivity index (χ2v) is 10.9. The Kier molecular flexibility index (Phi) is 7.88. The highest BCUT2D eigenvalue weighted by molar-refractivity contribution is 5.98. The van der Waals surface area contributed by atoms with E-state index in [9.17, 15) is 14.4 Å². The van der Waals surface area contributed by atoms with Gasteiger partial charge in [0.2, 0.25) is 0 Å². The molecule has 0 saturated heterocycles. The first-order chi connectivity index (χ1) is 19.7. The lowest BCUT2D eigenvalue weighted by molar-refractivity contribution is -0.118. The molecule has 1 atom stereocenters. The average molecular weight is 549 g/mol. The van der Waals surface area contributed by atoms with Crippen LogP contribution in [0.2, 0.25) is 0 Å². The minimum absolute atomic E-state index is 0.0816. The maximum Gasteiger partial charge on any atom is 0.408 e. The van der Waals surface area contributed by atoms with Gasteiger partial charge in [0.1, 0.15) is 18.2 Å². The summed E-state index contributed by atoms with van der Waals surface area (Å²) in [6, 6.07) is 28.6. The molecule has 208 valence electrons. The SMILES string of the molecule is CC(C)(C)OC(=O)c1ccc(NC(=O)[C@@H](NC(=O)OCc2cccc3c2Cc2ccccc2-3)c2ccccc2)cc1. The van der Waals surface area contributed by atoms with Crippen molar-refractivity contribution in [3.63, 3.8) is 0 Å². The molecule has 4 aromatic rings. The highest BCUT2D eigenvalue weighted by atomic mass is 16.6. The number of nitrogens with one attached hydrogen (secondary N) is 2. The Morgan fingerprint density at radius 1 is 0.805 bits per heavy atom. The third-order valence-corrected chi connectivity index (χ3v) is 6.75. The van der Waals surface area contributed by atoms with Gasteiger partial charge in [-0.05, 0) is 84.8 Å². The fourth-order valence-corrected chi connectivity index (χ4v) is 4.85. The third-order valence-electron chi connectivity index (χ3n) is 6.75. The number of benzene rings is 4. The number of fused-ring (bicyclic) bond motifs is 3. The van der Waals surface area contributed by atoms with E-state index in [-0.39, 0.29) is 6.61 Å². The number of anilines is 1. The standard InChI is InChI=1S/C34H32N2O5/c1-34(2,3)41-32(38)23-16-18-26(19-17-23)35-31(37)30(22-10-5-4-6-11-22)36-33(39)40-21-25-13-9-15-28-27-14-8-7-12-24(27)20-29(25)28/h4-19,30H,20-21H2,1-3H3,(H,35,37)(H,36,39)/t30-/m0/s1. The number of amides is 2. The van der Waals surface area contributed by atoms with Crippen LogP contribution in [-0.2, 0) is 27.3 Å². The summed E-state index contributed by atoms with van der Waals surface area (Å²) in [4.78, 5) is 38.6. The summed E-state index contributed by atoms with van der Waals surface area (Å²) >= 11 is 0. The van der Waals surface area contributed by atoms with Crippen LogP contribution < -0.4 is 10.6 Å². The van der Waals surface area contributed by atoms with Crippen LogP contribution in [0.25, 0.3) is 11.1 Å². The van der Waals surface area contributed by atoms with Crippen molar-refractivity contribution in [1.82, 2.24) is 5.32 Å². The first-order valence-electron chi connectivity index (χ1n) is 13.5. The zero-order chi connectivity index (χ0) is 29.0. The molecule has 0 radical (unpaired) electrons. The van der Waals surface area contributed by atoms with E-state index in [1.807, 2.05) is 30.3 Å². The smallest absolute Gasteiger partial charge is 0.408 e. The van der Waals surface area contributed by atoms with Crippen LogP contribution in [0.15, 0.2) is 97.1 Å². The molecule has 0 aromatic heterocycles. The predicted octanol–water partition coefficient (Wildman–Crippen LogP) is 6.82. The fraction of sp³-hybridized carbons (Fsp3) is 0.206. The summed E-state index contributed by atoms with van der Waals surface area (Å²) in [5.41, 5.74) is 6.51. The van der Waals surface area contributed by atoms with Crippen molar-refractivity contribution in [3.8, 4) is 11.1 Å². The van der Waals surface area contributed by atoms with Crippen LogP contribution >= 0.6 is 0 Å². The van der Waals surface area contributed by atoms with Crippen LogP contribution in [-0.4, -0.2) is 23.6 Å². The minimum atomic E-state index is -1.00. The predicted molar refractivity (Wildman–Crippen MR) is 157 cm³/mol. The van der Waals surface area contributed by atoms with Gasteiger partial charge in [-0.3, -0.25) is 4.79 Å². The number of carbonyl (C=O) groups excluding carboxylic acids is 3. The summed E-state index contributed by atoms with van der Waals surface area (Å²) in [6.45, 7) is 5.48. The van der Waals surface area contributed by atoms with Crippen molar-refractivity contribution in [2.45, 2.75) is 45.4 Å². The largest absolute Gasteiger partial charge is 0.456 e. The van der Waals surface area contributed by atoms with E-state index in [4.69, 9.17) is 9.47 Å². The van der Waals surface area contributed by atoms with Gasteiger partial charge in [-0.1, -0.05) is 72.8 Å². The monoisotopic (exact) mass is 548 g/mol. The maximum atomic E-state index is 13.3. The number of carbonyl (C=O) groups is 3. The molecule has 2 N–H and O–H groups in total. The van der Waals surface area contributed by atoms with Gasteiger partial charge in [-0.25, -0.2) is 9.59 Å². The van der Waals surface area contributed by atoms with Crippen LogP contribution in [0.4, 0.5) is 10.5 Å². The molecule has 0 spiro atoms. The van der Waals surface area contributed by atoms with Crippen LogP contribution in [0.3, 0.4) is 0 Å². The molecule has 4 aromatic carbocycles. The molecule has 7 nitrogen and oxygen atoms in total. The molecule has 0 unspecified atom stereocenters. The zero-order valence-electron chi connectivity index (χ0n) is 23.3. The number of alkyl carbamates (subject to hydrolysis) is 1. The molecular formula is C34H32N2O5. The van der Waals surface area contributed by atoms with E-state index in [2.05, 4.69) is 28.8 Å². The normalized spacial score (nSPS) is 12.5. The molecule has 1 aliphatic rings. The van der Waals surface area contributed by atoms with Gasteiger partial charge in [-0.2, -0.15) is 0 Å². The minimum Gasteiger partial charge on any atom is -0.456 e. The van der Waals surface area contributed by atoms with Crippen LogP contribution in [0.1, 0.15) is 59.4 Å². The molecule has 0 saturated carbocycles. The van der Waals surface area contributed by atoms with E-state index in [1.54, 1.807) is 69.3 Å². The van der Waals surface area contributed by atoms with E-state index < -0.39 is 29.6 Å². The lowest BCUT2D eigenvalue weighted by atomic mass is 10.0. The van der Waals surface area contributed by atoms with E-state index in [1.165, 1.54) is 11.1 Å². The van der Waals surface area contributed by atoms with Crippen molar-refractivity contribution in [3.05, 3.63) is 125 Å². The molecule has 7 heteroatoms. The Labute approximate surface area is 239 Å². The number of hydrogen-bond donors (Lipinski definition) is 2. The summed E-state index contributed by atoms with van der Waals surface area (Å²) in [5.74, 6) is -0.899. The zero-order valence-corrected chi connectivity index (χ0v) is 23.3. The second-order valence-electron chi connectivity index (χ2n) is 10.9.